The molecule has 4 nitrogen and oxygen atoms in total. The zero-order valence-electron chi connectivity index (χ0n) is 11.5. The number of rotatable bonds is 4. The number of nitrogens with zero attached hydrogens (tertiary/aromatic N) is 1. The van der Waals surface area contributed by atoms with Crippen LogP contribution in [0.4, 0.5) is 0 Å². The van der Waals surface area contributed by atoms with E-state index in [1.807, 2.05) is 36.9 Å². The van der Waals surface area contributed by atoms with Crippen molar-refractivity contribution < 1.29 is 9.53 Å². The number of fused-ring (bicyclic) bond motifs is 1. The second-order valence-electron chi connectivity index (χ2n) is 4.95. The Balaban J connectivity index is 1.76. The average molecular weight is 270 g/mol. The molecule has 2 heterocycles. The summed E-state index contributed by atoms with van der Waals surface area (Å²) in [6.07, 6.45) is 9.31. The molecule has 0 aliphatic carbocycles. The van der Waals surface area contributed by atoms with Crippen LogP contribution in [-0.4, -0.2) is 17.4 Å². The fraction of sp³-hybridized carbons (Fsp3) is 0.312. The van der Waals surface area contributed by atoms with Gasteiger partial charge in [-0.15, -0.1) is 0 Å². The number of benzene rings is 1. The first kappa shape index (κ1) is 12.8. The predicted octanol–water partition coefficient (Wildman–Crippen LogP) is 2.70. The Morgan fingerprint density at radius 3 is 2.85 bits per heavy atom. The highest BCUT2D eigenvalue weighted by atomic mass is 16.5. The van der Waals surface area contributed by atoms with Gasteiger partial charge in [0.05, 0.1) is 5.56 Å². The first-order valence-electron chi connectivity index (χ1n) is 6.97. The molecule has 0 saturated heterocycles. The van der Waals surface area contributed by atoms with Gasteiger partial charge in [0.25, 0.3) is 0 Å². The minimum atomic E-state index is -0.188. The lowest BCUT2D eigenvalue weighted by atomic mass is 9.95. The third-order valence-electron chi connectivity index (χ3n) is 3.74. The van der Waals surface area contributed by atoms with Gasteiger partial charge in [0.1, 0.15) is 6.10 Å². The summed E-state index contributed by atoms with van der Waals surface area (Å²) in [5.74, 6) is -0.188. The number of cyclic esters (lactones) is 1. The van der Waals surface area contributed by atoms with Gasteiger partial charge in [-0.3, -0.25) is 0 Å². The van der Waals surface area contributed by atoms with E-state index in [4.69, 9.17) is 4.74 Å². The van der Waals surface area contributed by atoms with Crippen molar-refractivity contribution in [3.63, 3.8) is 0 Å². The molecule has 0 saturated carbocycles. The van der Waals surface area contributed by atoms with Gasteiger partial charge in [0.2, 0.25) is 0 Å². The van der Waals surface area contributed by atoms with Crippen molar-refractivity contribution in [1.29, 1.82) is 0 Å². The van der Waals surface area contributed by atoms with E-state index < -0.39 is 0 Å². The molecule has 2 aliphatic heterocycles. The maximum Gasteiger partial charge on any atom is 0.339 e. The minimum absolute atomic E-state index is 0.120. The van der Waals surface area contributed by atoms with Crippen molar-refractivity contribution in [2.75, 3.05) is 6.54 Å². The molecule has 3 rings (SSSR count). The van der Waals surface area contributed by atoms with Crippen molar-refractivity contribution in [3.8, 4) is 0 Å². The highest BCUT2D eigenvalue weighted by Crippen LogP contribution is 2.36. The zero-order chi connectivity index (χ0) is 13.9. The van der Waals surface area contributed by atoms with Gasteiger partial charge in [0, 0.05) is 43.3 Å². The summed E-state index contributed by atoms with van der Waals surface area (Å²) in [4.78, 5) is 14.0. The molecule has 1 unspecified atom stereocenters. The van der Waals surface area contributed by atoms with Gasteiger partial charge in [-0.25, -0.2) is 4.79 Å². The second-order valence-corrected chi connectivity index (χ2v) is 4.95. The van der Waals surface area contributed by atoms with Crippen LogP contribution in [0.1, 0.15) is 40.9 Å². The highest BCUT2D eigenvalue weighted by Gasteiger charge is 2.32. The molecule has 20 heavy (non-hydrogen) atoms. The van der Waals surface area contributed by atoms with Crippen LogP contribution in [0.25, 0.3) is 0 Å². The Morgan fingerprint density at radius 1 is 1.30 bits per heavy atom. The van der Waals surface area contributed by atoms with E-state index in [0.29, 0.717) is 0 Å². The van der Waals surface area contributed by atoms with E-state index >= 15 is 0 Å². The number of carbonyl (C=O) groups is 1. The van der Waals surface area contributed by atoms with Crippen LogP contribution in [0, 0.1) is 0 Å². The van der Waals surface area contributed by atoms with Gasteiger partial charge in [-0.2, -0.15) is 0 Å². The number of nitrogens with one attached hydrogen (secondary N) is 1. The molecule has 0 spiro atoms. The second kappa shape index (κ2) is 5.41. The van der Waals surface area contributed by atoms with Gasteiger partial charge < -0.3 is 15.0 Å². The van der Waals surface area contributed by atoms with E-state index in [0.717, 1.165) is 30.5 Å². The van der Waals surface area contributed by atoms with Gasteiger partial charge in [-0.1, -0.05) is 19.1 Å². The Morgan fingerprint density at radius 2 is 2.10 bits per heavy atom. The van der Waals surface area contributed by atoms with Crippen LogP contribution in [0.3, 0.4) is 0 Å². The van der Waals surface area contributed by atoms with E-state index in [1.165, 1.54) is 5.56 Å². The van der Waals surface area contributed by atoms with Crippen LogP contribution in [0.5, 0.6) is 0 Å². The molecule has 1 atom stereocenters. The number of hydrogen-bond donors (Lipinski definition) is 1. The largest absolute Gasteiger partial charge is 0.454 e. The van der Waals surface area contributed by atoms with Crippen LogP contribution in [0.15, 0.2) is 43.0 Å². The SMILES string of the molecule is CCc1cccc2c1C(CCN1C=CNC=C1)OC2=O. The fourth-order valence-electron chi connectivity index (χ4n) is 2.73. The Labute approximate surface area is 118 Å². The first-order valence-corrected chi connectivity index (χ1v) is 6.97. The number of carbonyl (C=O) groups excluding carboxylic acids is 1. The molecule has 1 aromatic carbocycles. The van der Waals surface area contributed by atoms with Crippen molar-refractivity contribution in [2.24, 2.45) is 0 Å². The molecular weight excluding hydrogens is 252 g/mol. The summed E-state index contributed by atoms with van der Waals surface area (Å²) in [5, 5.41) is 3.00. The summed E-state index contributed by atoms with van der Waals surface area (Å²) >= 11 is 0. The molecular formula is C16H18N2O2. The molecule has 0 amide bonds. The van der Waals surface area contributed by atoms with Gasteiger partial charge in [0.15, 0.2) is 0 Å². The Kier molecular flexibility index (Phi) is 3.46. The fourth-order valence-corrected chi connectivity index (χ4v) is 2.73. The Hall–Kier alpha value is -2.23. The van der Waals surface area contributed by atoms with Crippen LogP contribution in [0.2, 0.25) is 0 Å². The molecule has 0 radical (unpaired) electrons. The van der Waals surface area contributed by atoms with Crippen LogP contribution >= 0.6 is 0 Å². The number of esters is 1. The van der Waals surface area contributed by atoms with E-state index in [-0.39, 0.29) is 12.1 Å². The van der Waals surface area contributed by atoms with Crippen molar-refractivity contribution in [3.05, 3.63) is 59.7 Å². The monoisotopic (exact) mass is 270 g/mol. The summed E-state index contributed by atoms with van der Waals surface area (Å²) < 4.78 is 5.54. The number of aryl methyl sites for hydroxylation is 1. The maximum atomic E-state index is 11.9. The lowest BCUT2D eigenvalue weighted by Gasteiger charge is -2.21. The minimum Gasteiger partial charge on any atom is -0.454 e. The molecule has 0 fully saturated rings. The van der Waals surface area contributed by atoms with Crippen molar-refractivity contribution in [1.82, 2.24) is 10.2 Å². The van der Waals surface area contributed by atoms with Crippen LogP contribution < -0.4 is 5.32 Å². The molecule has 1 N–H and O–H groups in total. The quantitative estimate of drug-likeness (QED) is 0.854. The predicted molar refractivity (Wildman–Crippen MR) is 76.7 cm³/mol. The highest BCUT2D eigenvalue weighted by molar-refractivity contribution is 5.94. The van der Waals surface area contributed by atoms with Gasteiger partial charge >= 0.3 is 5.97 Å². The summed E-state index contributed by atoms with van der Waals surface area (Å²) in [6, 6.07) is 5.88. The molecule has 1 aromatic rings. The summed E-state index contributed by atoms with van der Waals surface area (Å²) in [6.45, 7) is 2.93. The van der Waals surface area contributed by atoms with E-state index in [2.05, 4.69) is 23.2 Å². The average Bonchev–Trinajstić information content (AvgIpc) is 2.83. The molecule has 104 valence electrons. The molecule has 0 aromatic heterocycles. The zero-order valence-corrected chi connectivity index (χ0v) is 11.5. The third-order valence-corrected chi connectivity index (χ3v) is 3.74. The lowest BCUT2D eigenvalue weighted by molar-refractivity contribution is 0.0359. The normalized spacial score (nSPS) is 19.8. The van der Waals surface area contributed by atoms with Gasteiger partial charge in [-0.05, 0) is 18.1 Å². The topological polar surface area (TPSA) is 41.6 Å². The molecule has 2 aliphatic rings. The van der Waals surface area contributed by atoms with E-state index in [1.54, 1.807) is 0 Å². The Bertz CT molecular complexity index is 566. The van der Waals surface area contributed by atoms with Crippen molar-refractivity contribution >= 4 is 5.97 Å². The number of hydrogen-bond acceptors (Lipinski definition) is 4. The third kappa shape index (κ3) is 2.29. The van der Waals surface area contributed by atoms with Crippen LogP contribution in [-0.2, 0) is 11.2 Å². The van der Waals surface area contributed by atoms with Crippen molar-refractivity contribution in [2.45, 2.75) is 25.9 Å². The summed E-state index contributed by atoms with van der Waals surface area (Å²) in [5.41, 5.74) is 3.04. The number of ether oxygens (including phenoxy) is 1. The first-order chi connectivity index (χ1) is 9.79. The molecule has 0 bridgehead atoms. The van der Waals surface area contributed by atoms with E-state index in [9.17, 15) is 4.79 Å². The maximum absolute atomic E-state index is 11.9. The standard InChI is InChI=1S/C16H18N2O2/c1-2-12-4-3-5-13-15(12)14(20-16(13)19)6-9-18-10-7-17-8-11-18/h3-5,7-8,10-11,14,17H,2,6,9H2,1H3. The summed E-state index contributed by atoms with van der Waals surface area (Å²) in [7, 11) is 0. The molecule has 4 heteroatoms. The smallest absolute Gasteiger partial charge is 0.339 e. The lowest BCUT2D eigenvalue weighted by Crippen LogP contribution is -2.19.